The quantitative estimate of drug-likeness (QED) is 0.759. The van der Waals surface area contributed by atoms with E-state index in [2.05, 4.69) is 4.72 Å². The third kappa shape index (κ3) is 4.25. The Bertz CT molecular complexity index is 347. The van der Waals surface area contributed by atoms with Crippen LogP contribution in [0.4, 0.5) is 0 Å². The Kier molecular flexibility index (Phi) is 5.35. The van der Waals surface area contributed by atoms with Crippen LogP contribution in [0.15, 0.2) is 0 Å². The Labute approximate surface area is 102 Å². The molecule has 0 amide bonds. The Morgan fingerprint density at radius 3 is 2.24 bits per heavy atom. The van der Waals surface area contributed by atoms with Crippen LogP contribution in [0.5, 0.6) is 0 Å². The molecule has 100 valence electrons. The van der Waals surface area contributed by atoms with E-state index in [4.69, 9.17) is 5.11 Å². The maximum atomic E-state index is 12.0. The van der Waals surface area contributed by atoms with Crippen molar-refractivity contribution >= 4 is 16.2 Å². The minimum Gasteiger partial charge on any atom is -0.480 e. The van der Waals surface area contributed by atoms with Crippen LogP contribution in [-0.4, -0.2) is 42.9 Å². The van der Waals surface area contributed by atoms with Gasteiger partial charge in [0.2, 0.25) is 0 Å². The highest BCUT2D eigenvalue weighted by atomic mass is 32.2. The summed E-state index contributed by atoms with van der Waals surface area (Å²) in [7, 11) is -3.66. The van der Waals surface area contributed by atoms with Gasteiger partial charge >= 0.3 is 5.97 Å². The number of carboxylic acids is 1. The van der Waals surface area contributed by atoms with E-state index in [0.29, 0.717) is 13.1 Å². The van der Waals surface area contributed by atoms with Crippen LogP contribution >= 0.6 is 0 Å². The molecule has 1 aliphatic heterocycles. The van der Waals surface area contributed by atoms with Crippen LogP contribution < -0.4 is 4.72 Å². The summed E-state index contributed by atoms with van der Waals surface area (Å²) in [5, 5.41) is 8.85. The van der Waals surface area contributed by atoms with Gasteiger partial charge in [-0.05, 0) is 19.3 Å². The van der Waals surface area contributed by atoms with Gasteiger partial charge in [-0.15, -0.1) is 0 Å². The van der Waals surface area contributed by atoms with Crippen molar-refractivity contribution in [3.05, 3.63) is 0 Å². The molecule has 0 aliphatic carbocycles. The molecule has 0 saturated carbocycles. The van der Waals surface area contributed by atoms with E-state index in [1.54, 1.807) is 6.92 Å². The molecule has 0 aromatic rings. The second kappa shape index (κ2) is 6.32. The fourth-order valence-corrected chi connectivity index (χ4v) is 3.36. The number of hydrogen-bond acceptors (Lipinski definition) is 3. The van der Waals surface area contributed by atoms with Gasteiger partial charge in [0.15, 0.2) is 0 Å². The third-order valence-electron chi connectivity index (χ3n) is 2.90. The molecule has 0 spiro atoms. The molecule has 2 N–H and O–H groups in total. The highest BCUT2D eigenvalue weighted by Crippen LogP contribution is 2.13. The van der Waals surface area contributed by atoms with Gasteiger partial charge in [-0.25, -0.2) is 0 Å². The summed E-state index contributed by atoms with van der Waals surface area (Å²) in [5.41, 5.74) is 0. The van der Waals surface area contributed by atoms with E-state index in [1.807, 2.05) is 0 Å². The van der Waals surface area contributed by atoms with Crippen molar-refractivity contribution in [1.29, 1.82) is 0 Å². The maximum Gasteiger partial charge on any atom is 0.321 e. The summed E-state index contributed by atoms with van der Waals surface area (Å²) in [6.45, 7) is 2.60. The summed E-state index contributed by atoms with van der Waals surface area (Å²) < 4.78 is 27.5. The predicted molar refractivity (Wildman–Crippen MR) is 63.8 cm³/mol. The summed E-state index contributed by atoms with van der Waals surface area (Å²) in [4.78, 5) is 10.8. The van der Waals surface area contributed by atoms with Crippen LogP contribution in [-0.2, 0) is 15.0 Å². The van der Waals surface area contributed by atoms with Crippen molar-refractivity contribution in [2.75, 3.05) is 13.1 Å². The average molecular weight is 264 g/mol. The van der Waals surface area contributed by atoms with Crippen molar-refractivity contribution in [2.24, 2.45) is 0 Å². The first kappa shape index (κ1) is 14.4. The molecule has 1 atom stereocenters. The summed E-state index contributed by atoms with van der Waals surface area (Å²) in [5.74, 6) is -1.13. The van der Waals surface area contributed by atoms with Gasteiger partial charge < -0.3 is 5.11 Å². The van der Waals surface area contributed by atoms with Crippen LogP contribution in [0.3, 0.4) is 0 Å². The second-order valence-corrected chi connectivity index (χ2v) is 5.94. The monoisotopic (exact) mass is 264 g/mol. The first-order chi connectivity index (χ1) is 7.97. The van der Waals surface area contributed by atoms with Crippen LogP contribution in [0, 0.1) is 0 Å². The number of nitrogens with zero attached hydrogens (tertiary/aromatic N) is 1. The van der Waals surface area contributed by atoms with Gasteiger partial charge in [0, 0.05) is 13.1 Å². The number of aliphatic carboxylic acids is 1. The van der Waals surface area contributed by atoms with Gasteiger partial charge in [0.25, 0.3) is 10.2 Å². The molecule has 0 bridgehead atoms. The number of rotatable bonds is 5. The molecule has 0 aromatic carbocycles. The minimum atomic E-state index is -3.66. The van der Waals surface area contributed by atoms with E-state index in [0.717, 1.165) is 25.7 Å². The van der Waals surface area contributed by atoms with Gasteiger partial charge in [-0.1, -0.05) is 19.8 Å². The third-order valence-corrected chi connectivity index (χ3v) is 4.53. The minimum absolute atomic E-state index is 0.238. The molecular formula is C10H20N2O4S. The zero-order valence-corrected chi connectivity index (χ0v) is 10.9. The number of carbonyl (C=O) groups is 1. The zero-order chi connectivity index (χ0) is 12.9. The Hall–Kier alpha value is -0.660. The van der Waals surface area contributed by atoms with Crippen molar-refractivity contribution in [3.63, 3.8) is 0 Å². The number of hydrogen-bond donors (Lipinski definition) is 2. The molecule has 1 saturated heterocycles. The molecule has 1 unspecified atom stereocenters. The summed E-state index contributed by atoms with van der Waals surface area (Å²) in [6, 6.07) is -1.04. The van der Waals surface area contributed by atoms with E-state index < -0.39 is 22.2 Å². The summed E-state index contributed by atoms with van der Waals surface area (Å²) in [6.07, 6.45) is 3.97. The molecule has 1 fully saturated rings. The van der Waals surface area contributed by atoms with E-state index in [1.165, 1.54) is 4.31 Å². The molecule has 17 heavy (non-hydrogen) atoms. The SMILES string of the molecule is CCC(NS(=O)(=O)N1CCCCCC1)C(=O)O. The lowest BCUT2D eigenvalue weighted by Gasteiger charge is -2.22. The molecule has 7 heteroatoms. The average Bonchev–Trinajstić information content (AvgIpc) is 2.54. The molecule has 1 heterocycles. The standard InChI is InChI=1S/C10H20N2O4S/c1-2-9(10(13)14)11-17(15,16)12-7-5-3-4-6-8-12/h9,11H,2-8H2,1H3,(H,13,14). The lowest BCUT2D eigenvalue weighted by atomic mass is 10.2. The van der Waals surface area contributed by atoms with Gasteiger partial charge in [-0.3, -0.25) is 4.79 Å². The Morgan fingerprint density at radius 2 is 1.82 bits per heavy atom. The van der Waals surface area contributed by atoms with E-state index in [-0.39, 0.29) is 6.42 Å². The Balaban J connectivity index is 2.68. The largest absolute Gasteiger partial charge is 0.480 e. The number of nitrogens with one attached hydrogen (secondary N) is 1. The van der Waals surface area contributed by atoms with Crippen molar-refractivity contribution < 1.29 is 18.3 Å². The molecule has 1 aliphatic rings. The van der Waals surface area contributed by atoms with Gasteiger partial charge in [0.05, 0.1) is 0 Å². The van der Waals surface area contributed by atoms with Gasteiger partial charge in [0.1, 0.15) is 6.04 Å². The van der Waals surface area contributed by atoms with Gasteiger partial charge in [-0.2, -0.15) is 17.4 Å². The smallest absolute Gasteiger partial charge is 0.321 e. The molecule has 0 radical (unpaired) electrons. The first-order valence-electron chi connectivity index (χ1n) is 5.97. The first-order valence-corrected chi connectivity index (χ1v) is 7.41. The predicted octanol–water partition coefficient (Wildman–Crippen LogP) is 0.560. The molecule has 6 nitrogen and oxygen atoms in total. The maximum absolute atomic E-state index is 12.0. The topological polar surface area (TPSA) is 86.7 Å². The van der Waals surface area contributed by atoms with Crippen molar-refractivity contribution in [1.82, 2.24) is 9.03 Å². The van der Waals surface area contributed by atoms with Crippen molar-refractivity contribution in [3.8, 4) is 0 Å². The van der Waals surface area contributed by atoms with Crippen LogP contribution in [0.1, 0.15) is 39.0 Å². The second-order valence-electron chi connectivity index (χ2n) is 4.24. The molecule has 0 aromatic heterocycles. The highest BCUT2D eigenvalue weighted by Gasteiger charge is 2.28. The van der Waals surface area contributed by atoms with Crippen LogP contribution in [0.2, 0.25) is 0 Å². The number of carboxylic acid groups (broad SMARTS) is 1. The molecular weight excluding hydrogens is 244 g/mol. The van der Waals surface area contributed by atoms with Crippen LogP contribution in [0.25, 0.3) is 0 Å². The normalized spacial score (nSPS) is 20.8. The fraction of sp³-hybridized carbons (Fsp3) is 0.900. The van der Waals surface area contributed by atoms with E-state index in [9.17, 15) is 13.2 Å². The summed E-state index contributed by atoms with van der Waals surface area (Å²) >= 11 is 0. The van der Waals surface area contributed by atoms with E-state index >= 15 is 0 Å². The zero-order valence-electron chi connectivity index (χ0n) is 10.1. The highest BCUT2D eigenvalue weighted by molar-refractivity contribution is 7.87. The van der Waals surface area contributed by atoms with Crippen molar-refractivity contribution in [2.45, 2.75) is 45.1 Å². The Morgan fingerprint density at radius 1 is 1.29 bits per heavy atom. The molecule has 1 rings (SSSR count). The lowest BCUT2D eigenvalue weighted by molar-refractivity contribution is -0.139. The fourth-order valence-electron chi connectivity index (χ4n) is 1.84. The lowest BCUT2D eigenvalue weighted by Crippen LogP contribution is -2.48.